The standard InChI is InChI=1S/C24H21O5S/c1-26-17-6-10-20(11-7-17)30(21-12-8-18(27-2)9-13-21)23-14-16-4-5-19(28-3)15-22(16)29-24(23)25/h4-15H,1-3H3/q+1. The Labute approximate surface area is 177 Å². The van der Waals surface area contributed by atoms with E-state index in [1.54, 1.807) is 27.4 Å². The molecule has 0 radical (unpaired) electrons. The first-order chi connectivity index (χ1) is 14.6. The molecule has 30 heavy (non-hydrogen) atoms. The SMILES string of the molecule is COc1ccc([S+](c2ccc(OC)cc2)c2cc3ccc(OC)cc3oc2=O)cc1. The number of hydrogen-bond donors (Lipinski definition) is 0. The summed E-state index contributed by atoms with van der Waals surface area (Å²) in [6.45, 7) is 0. The van der Waals surface area contributed by atoms with Crippen molar-refractivity contribution in [2.75, 3.05) is 21.3 Å². The van der Waals surface area contributed by atoms with Crippen LogP contribution in [0, 0.1) is 0 Å². The highest BCUT2D eigenvalue weighted by molar-refractivity contribution is 7.97. The van der Waals surface area contributed by atoms with Crippen molar-refractivity contribution in [2.24, 2.45) is 0 Å². The van der Waals surface area contributed by atoms with E-state index in [1.165, 1.54) is 0 Å². The van der Waals surface area contributed by atoms with Crippen LogP contribution in [0.25, 0.3) is 11.0 Å². The first-order valence-electron chi connectivity index (χ1n) is 9.27. The lowest BCUT2D eigenvalue weighted by Crippen LogP contribution is -2.15. The summed E-state index contributed by atoms with van der Waals surface area (Å²) in [5.74, 6) is 2.16. The van der Waals surface area contributed by atoms with Gasteiger partial charge in [-0.05, 0) is 60.7 Å². The Morgan fingerprint density at radius 3 is 1.67 bits per heavy atom. The average Bonchev–Trinajstić information content (AvgIpc) is 2.80. The zero-order chi connectivity index (χ0) is 21.1. The van der Waals surface area contributed by atoms with Crippen molar-refractivity contribution in [3.8, 4) is 17.2 Å². The Balaban J connectivity index is 1.89. The molecule has 4 aromatic rings. The predicted molar refractivity (Wildman–Crippen MR) is 117 cm³/mol. The van der Waals surface area contributed by atoms with Gasteiger partial charge in [0, 0.05) is 17.5 Å². The summed E-state index contributed by atoms with van der Waals surface area (Å²) in [5.41, 5.74) is 0.127. The molecule has 0 aliphatic heterocycles. The molecule has 0 saturated carbocycles. The minimum absolute atomic E-state index is 0.370. The van der Waals surface area contributed by atoms with Crippen LogP contribution in [0.5, 0.6) is 17.2 Å². The lowest BCUT2D eigenvalue weighted by atomic mass is 10.2. The molecule has 0 aliphatic carbocycles. The van der Waals surface area contributed by atoms with E-state index in [2.05, 4.69) is 0 Å². The van der Waals surface area contributed by atoms with Gasteiger partial charge >= 0.3 is 5.63 Å². The van der Waals surface area contributed by atoms with Crippen LogP contribution in [-0.2, 0) is 10.9 Å². The third-order valence-corrected chi connectivity index (χ3v) is 6.93. The van der Waals surface area contributed by atoms with E-state index in [0.717, 1.165) is 26.7 Å². The summed E-state index contributed by atoms with van der Waals surface area (Å²) in [5, 5.41) is 0.838. The monoisotopic (exact) mass is 421 g/mol. The van der Waals surface area contributed by atoms with Gasteiger partial charge in [0.25, 0.3) is 4.90 Å². The number of rotatable bonds is 6. The molecule has 0 atom stereocenters. The fourth-order valence-corrected chi connectivity index (χ4v) is 5.21. The number of ether oxygens (including phenoxy) is 3. The smallest absolute Gasteiger partial charge is 0.393 e. The summed E-state index contributed by atoms with van der Waals surface area (Å²) in [6.07, 6.45) is 0. The maximum absolute atomic E-state index is 13.0. The number of fused-ring (bicyclic) bond motifs is 1. The molecule has 4 rings (SSSR count). The molecule has 0 saturated heterocycles. The van der Waals surface area contributed by atoms with E-state index >= 15 is 0 Å². The van der Waals surface area contributed by atoms with Crippen molar-refractivity contribution in [3.63, 3.8) is 0 Å². The number of benzene rings is 3. The average molecular weight is 421 g/mol. The molecule has 1 heterocycles. The largest absolute Gasteiger partial charge is 0.497 e. The van der Waals surface area contributed by atoms with Gasteiger partial charge in [0.05, 0.1) is 21.3 Å². The van der Waals surface area contributed by atoms with Gasteiger partial charge in [0.15, 0.2) is 9.79 Å². The summed E-state index contributed by atoms with van der Waals surface area (Å²) < 4.78 is 21.5. The van der Waals surface area contributed by atoms with Crippen LogP contribution in [0.3, 0.4) is 0 Å². The van der Waals surface area contributed by atoms with Gasteiger partial charge in [0.2, 0.25) is 0 Å². The first kappa shape index (κ1) is 19.9. The molecule has 3 aromatic carbocycles. The van der Waals surface area contributed by atoms with Crippen LogP contribution in [0.4, 0.5) is 0 Å². The van der Waals surface area contributed by atoms with E-state index in [9.17, 15) is 4.79 Å². The van der Waals surface area contributed by atoms with Gasteiger partial charge in [-0.3, -0.25) is 0 Å². The second kappa shape index (κ2) is 8.55. The maximum Gasteiger partial charge on any atom is 0.393 e. The van der Waals surface area contributed by atoms with E-state index in [0.29, 0.717) is 16.2 Å². The normalized spacial score (nSPS) is 10.9. The molecule has 0 amide bonds. The quantitative estimate of drug-likeness (QED) is 0.327. The number of hydrogen-bond acceptors (Lipinski definition) is 5. The van der Waals surface area contributed by atoms with Crippen molar-refractivity contribution in [1.82, 2.24) is 0 Å². The Hall–Kier alpha value is -3.38. The summed E-state index contributed by atoms with van der Waals surface area (Å²) in [4.78, 5) is 15.6. The summed E-state index contributed by atoms with van der Waals surface area (Å²) in [6, 6.07) is 22.9. The van der Waals surface area contributed by atoms with Gasteiger partial charge in [0.1, 0.15) is 33.7 Å². The molecule has 0 N–H and O–H groups in total. The topological polar surface area (TPSA) is 57.9 Å². The van der Waals surface area contributed by atoms with E-state index in [1.807, 2.05) is 66.7 Å². The predicted octanol–water partition coefficient (Wildman–Crippen LogP) is 4.91. The van der Waals surface area contributed by atoms with Crippen LogP contribution in [-0.4, -0.2) is 21.3 Å². The molecule has 5 nitrogen and oxygen atoms in total. The van der Waals surface area contributed by atoms with Crippen molar-refractivity contribution in [3.05, 3.63) is 83.2 Å². The van der Waals surface area contributed by atoms with Crippen molar-refractivity contribution in [2.45, 2.75) is 14.7 Å². The van der Waals surface area contributed by atoms with Gasteiger partial charge in [-0.1, -0.05) is 0 Å². The van der Waals surface area contributed by atoms with Crippen LogP contribution in [0.15, 0.2) is 96.7 Å². The van der Waals surface area contributed by atoms with Gasteiger partial charge in [-0.15, -0.1) is 0 Å². The lowest BCUT2D eigenvalue weighted by Gasteiger charge is -2.09. The molecule has 6 heteroatoms. The van der Waals surface area contributed by atoms with Gasteiger partial charge < -0.3 is 18.6 Å². The Bertz CT molecular complexity index is 1170. The van der Waals surface area contributed by atoms with E-state index in [4.69, 9.17) is 18.6 Å². The third-order valence-electron chi connectivity index (χ3n) is 4.72. The summed E-state index contributed by atoms with van der Waals surface area (Å²) >= 11 is 0. The minimum Gasteiger partial charge on any atom is -0.497 e. The van der Waals surface area contributed by atoms with Crippen molar-refractivity contribution >= 4 is 21.9 Å². The number of methoxy groups -OCH3 is 3. The fraction of sp³-hybridized carbons (Fsp3) is 0.125. The molecular weight excluding hydrogens is 400 g/mol. The Kier molecular flexibility index (Phi) is 5.68. The maximum atomic E-state index is 13.0. The molecule has 0 aliphatic rings. The molecule has 0 spiro atoms. The van der Waals surface area contributed by atoms with Crippen LogP contribution in [0.2, 0.25) is 0 Å². The van der Waals surface area contributed by atoms with Crippen molar-refractivity contribution < 1.29 is 18.6 Å². The van der Waals surface area contributed by atoms with Crippen LogP contribution in [0.1, 0.15) is 0 Å². The van der Waals surface area contributed by atoms with E-state index < -0.39 is 10.9 Å². The second-order valence-electron chi connectivity index (χ2n) is 6.46. The zero-order valence-electron chi connectivity index (χ0n) is 16.9. The molecule has 0 unspecified atom stereocenters. The molecular formula is C24H21O5S+. The molecule has 0 fully saturated rings. The van der Waals surface area contributed by atoms with Gasteiger partial charge in [-0.2, -0.15) is 0 Å². The molecule has 0 bridgehead atoms. The van der Waals surface area contributed by atoms with Crippen LogP contribution < -0.4 is 19.8 Å². The fourth-order valence-electron chi connectivity index (χ4n) is 3.16. The van der Waals surface area contributed by atoms with E-state index in [-0.39, 0.29) is 5.63 Å². The highest BCUT2D eigenvalue weighted by Crippen LogP contribution is 2.33. The third kappa shape index (κ3) is 3.86. The highest BCUT2D eigenvalue weighted by Gasteiger charge is 2.33. The zero-order valence-corrected chi connectivity index (χ0v) is 17.7. The first-order valence-corrected chi connectivity index (χ1v) is 10.5. The van der Waals surface area contributed by atoms with Gasteiger partial charge in [-0.25, -0.2) is 4.79 Å². The highest BCUT2D eigenvalue weighted by atomic mass is 32.2. The molecule has 1 aromatic heterocycles. The lowest BCUT2D eigenvalue weighted by molar-refractivity contribution is 0.414. The minimum atomic E-state index is -0.658. The Morgan fingerprint density at radius 2 is 1.17 bits per heavy atom. The second-order valence-corrected chi connectivity index (χ2v) is 8.45. The van der Waals surface area contributed by atoms with Crippen LogP contribution >= 0.6 is 0 Å². The summed E-state index contributed by atoms with van der Waals surface area (Å²) in [7, 11) is 4.18. The van der Waals surface area contributed by atoms with Crippen molar-refractivity contribution in [1.29, 1.82) is 0 Å². The Morgan fingerprint density at radius 1 is 0.667 bits per heavy atom. The molecule has 152 valence electrons.